The summed E-state index contributed by atoms with van der Waals surface area (Å²) in [6.07, 6.45) is 1.72. The maximum Gasteiger partial charge on any atom is 0.268 e. The zero-order valence-electron chi connectivity index (χ0n) is 18.0. The number of carbonyl (C=O) groups excluding carboxylic acids is 2. The predicted molar refractivity (Wildman–Crippen MR) is 127 cm³/mol. The van der Waals surface area contributed by atoms with E-state index >= 15 is 0 Å². The van der Waals surface area contributed by atoms with E-state index in [1.165, 1.54) is 16.7 Å². The van der Waals surface area contributed by atoms with Crippen molar-refractivity contribution in [1.29, 1.82) is 0 Å². The molecular formula is C26H24N2O3S. The molecular weight excluding hydrogens is 420 g/mol. The van der Waals surface area contributed by atoms with Gasteiger partial charge in [0.25, 0.3) is 11.8 Å². The molecule has 0 saturated carbocycles. The van der Waals surface area contributed by atoms with Crippen molar-refractivity contribution in [3.63, 3.8) is 0 Å². The highest BCUT2D eigenvalue weighted by Gasteiger charge is 2.39. The Balaban J connectivity index is 1.65. The molecule has 162 valence electrons. The van der Waals surface area contributed by atoms with Gasteiger partial charge in [0, 0.05) is 11.9 Å². The molecule has 3 aromatic rings. The van der Waals surface area contributed by atoms with Crippen LogP contribution < -0.4 is 4.74 Å². The average molecular weight is 445 g/mol. The average Bonchev–Trinajstić information content (AvgIpc) is 3.03. The van der Waals surface area contributed by atoms with E-state index in [0.717, 1.165) is 11.3 Å². The lowest BCUT2D eigenvalue weighted by molar-refractivity contribution is -0.137. The number of hydrogen-bond acceptors (Lipinski definition) is 5. The molecule has 1 aliphatic rings. The normalized spacial score (nSPS) is 13.9. The monoisotopic (exact) mass is 444 g/mol. The molecule has 32 heavy (non-hydrogen) atoms. The van der Waals surface area contributed by atoms with Crippen LogP contribution in [-0.2, 0) is 21.9 Å². The van der Waals surface area contributed by atoms with Crippen LogP contribution in [0.25, 0.3) is 5.57 Å². The number of thioether (sulfide) groups is 1. The number of carbonyl (C=O) groups is 2. The molecule has 6 heteroatoms. The number of amides is 2. The van der Waals surface area contributed by atoms with Gasteiger partial charge in [-0.05, 0) is 49.2 Å². The van der Waals surface area contributed by atoms with Gasteiger partial charge >= 0.3 is 0 Å². The van der Waals surface area contributed by atoms with Crippen molar-refractivity contribution in [2.24, 2.45) is 0 Å². The highest BCUT2D eigenvalue weighted by molar-refractivity contribution is 8.03. The first-order valence-corrected chi connectivity index (χ1v) is 11.5. The van der Waals surface area contributed by atoms with E-state index in [1.54, 1.807) is 6.20 Å². The van der Waals surface area contributed by atoms with Crippen molar-refractivity contribution in [2.45, 2.75) is 32.2 Å². The van der Waals surface area contributed by atoms with Crippen molar-refractivity contribution in [3.8, 4) is 5.75 Å². The van der Waals surface area contributed by atoms with Gasteiger partial charge in [-0.25, -0.2) is 0 Å². The lowest BCUT2D eigenvalue weighted by Gasteiger charge is -2.14. The molecule has 4 rings (SSSR count). The Hall–Kier alpha value is -3.38. The predicted octanol–water partition coefficient (Wildman–Crippen LogP) is 5.08. The number of hydrogen-bond donors (Lipinski definition) is 0. The first-order valence-electron chi connectivity index (χ1n) is 10.5. The highest BCUT2D eigenvalue weighted by Crippen LogP contribution is 2.38. The Morgan fingerprint density at radius 1 is 0.906 bits per heavy atom. The number of ether oxygens (including phenoxy) is 1. The summed E-state index contributed by atoms with van der Waals surface area (Å²) < 4.78 is 5.72. The van der Waals surface area contributed by atoms with Gasteiger partial charge in [-0.3, -0.25) is 19.5 Å². The molecule has 1 aliphatic heterocycles. The van der Waals surface area contributed by atoms with Crippen molar-refractivity contribution in [3.05, 3.63) is 101 Å². The van der Waals surface area contributed by atoms with Crippen molar-refractivity contribution < 1.29 is 14.3 Å². The summed E-state index contributed by atoms with van der Waals surface area (Å²) in [6, 6.07) is 22.7. The number of pyridine rings is 1. The molecule has 0 fully saturated rings. The summed E-state index contributed by atoms with van der Waals surface area (Å²) in [4.78, 5) is 32.7. The third kappa shape index (κ3) is 4.92. The Morgan fingerprint density at radius 3 is 2.28 bits per heavy atom. The van der Waals surface area contributed by atoms with Gasteiger partial charge in [-0.2, -0.15) is 0 Å². The fraction of sp³-hybridized carbons (Fsp3) is 0.192. The first-order chi connectivity index (χ1) is 15.5. The summed E-state index contributed by atoms with van der Waals surface area (Å²) in [5.41, 5.74) is 2.90. The van der Waals surface area contributed by atoms with Gasteiger partial charge in [-0.1, -0.05) is 48.5 Å². The van der Waals surface area contributed by atoms with Crippen LogP contribution >= 0.6 is 11.8 Å². The minimum atomic E-state index is -0.297. The van der Waals surface area contributed by atoms with Crippen LogP contribution in [0.2, 0.25) is 0 Å². The molecule has 0 aliphatic carbocycles. The van der Waals surface area contributed by atoms with E-state index < -0.39 is 0 Å². The smallest absolute Gasteiger partial charge is 0.268 e. The fourth-order valence-corrected chi connectivity index (χ4v) is 4.53. The molecule has 0 saturated heterocycles. The number of aromatic nitrogens is 1. The van der Waals surface area contributed by atoms with Crippen molar-refractivity contribution in [2.75, 3.05) is 0 Å². The second kappa shape index (κ2) is 9.83. The van der Waals surface area contributed by atoms with E-state index in [1.807, 2.05) is 86.6 Å². The van der Waals surface area contributed by atoms with Gasteiger partial charge in [0.05, 0.1) is 28.8 Å². The number of rotatable bonds is 8. The van der Waals surface area contributed by atoms with Crippen LogP contribution in [0.3, 0.4) is 0 Å². The number of nitrogens with zero attached hydrogens (tertiary/aromatic N) is 2. The zero-order chi connectivity index (χ0) is 22.5. The van der Waals surface area contributed by atoms with Gasteiger partial charge < -0.3 is 4.74 Å². The molecule has 0 atom stereocenters. The maximum absolute atomic E-state index is 13.4. The van der Waals surface area contributed by atoms with E-state index in [9.17, 15) is 9.59 Å². The SMILES string of the molecule is CC(C)Oc1ccc(C2=C(SCc3ccccc3)C(=O)N(Cc3ccccn3)C2=O)cc1. The summed E-state index contributed by atoms with van der Waals surface area (Å²) >= 11 is 1.40. The van der Waals surface area contributed by atoms with Gasteiger partial charge in [0.15, 0.2) is 0 Å². The Bertz CT molecular complexity index is 1130. The van der Waals surface area contributed by atoms with Crippen LogP contribution in [0.15, 0.2) is 83.9 Å². The third-order valence-corrected chi connectivity index (χ3v) is 6.06. The molecule has 5 nitrogen and oxygen atoms in total. The molecule has 0 N–H and O–H groups in total. The topological polar surface area (TPSA) is 59.5 Å². The quantitative estimate of drug-likeness (QED) is 0.454. The molecule has 2 heterocycles. The Morgan fingerprint density at radius 2 is 1.62 bits per heavy atom. The van der Waals surface area contributed by atoms with Gasteiger partial charge in [0.2, 0.25) is 0 Å². The van der Waals surface area contributed by atoms with Gasteiger partial charge in [-0.15, -0.1) is 11.8 Å². The molecule has 2 aromatic carbocycles. The lowest BCUT2D eigenvalue weighted by atomic mass is 10.1. The molecule has 1 aromatic heterocycles. The Kier molecular flexibility index (Phi) is 6.71. The highest BCUT2D eigenvalue weighted by atomic mass is 32.2. The largest absolute Gasteiger partial charge is 0.491 e. The van der Waals surface area contributed by atoms with E-state index in [0.29, 0.717) is 27.5 Å². The summed E-state index contributed by atoms with van der Waals surface area (Å²) in [6.45, 7) is 4.07. The van der Waals surface area contributed by atoms with Crippen LogP contribution in [-0.4, -0.2) is 27.8 Å². The fourth-order valence-electron chi connectivity index (χ4n) is 3.44. The van der Waals surface area contributed by atoms with E-state index in [2.05, 4.69) is 4.98 Å². The standard InChI is InChI=1S/C26H24N2O3S/c1-18(2)31-22-13-11-20(12-14-22)23-24(32-17-19-8-4-3-5-9-19)26(30)28(25(23)29)16-21-10-6-7-15-27-21/h3-15,18H,16-17H2,1-2H3. The summed E-state index contributed by atoms with van der Waals surface area (Å²) in [5, 5.41) is 0. The second-order valence-corrected chi connectivity index (χ2v) is 8.67. The number of imide groups is 1. The number of benzene rings is 2. The third-order valence-electron chi connectivity index (χ3n) is 4.91. The second-order valence-electron chi connectivity index (χ2n) is 7.69. The zero-order valence-corrected chi connectivity index (χ0v) is 18.8. The molecule has 0 bridgehead atoms. The minimum Gasteiger partial charge on any atom is -0.491 e. The van der Waals surface area contributed by atoms with E-state index in [-0.39, 0.29) is 24.5 Å². The van der Waals surface area contributed by atoms with Crippen LogP contribution in [0.4, 0.5) is 0 Å². The summed E-state index contributed by atoms with van der Waals surface area (Å²) in [7, 11) is 0. The lowest BCUT2D eigenvalue weighted by Crippen LogP contribution is -2.31. The van der Waals surface area contributed by atoms with Crippen molar-refractivity contribution >= 4 is 29.1 Å². The van der Waals surface area contributed by atoms with Crippen LogP contribution in [0.5, 0.6) is 5.75 Å². The first kappa shape index (κ1) is 21.8. The summed E-state index contributed by atoms with van der Waals surface area (Å²) in [5.74, 6) is 0.753. The molecule has 0 spiro atoms. The molecule has 0 radical (unpaired) electrons. The molecule has 0 unspecified atom stereocenters. The van der Waals surface area contributed by atoms with E-state index in [4.69, 9.17) is 4.74 Å². The van der Waals surface area contributed by atoms with Gasteiger partial charge in [0.1, 0.15) is 5.75 Å². The molecule has 2 amide bonds. The maximum atomic E-state index is 13.4. The Labute approximate surface area is 192 Å². The van der Waals surface area contributed by atoms with Crippen molar-refractivity contribution in [1.82, 2.24) is 9.88 Å². The van der Waals surface area contributed by atoms with Crippen LogP contribution in [0, 0.1) is 0 Å². The van der Waals surface area contributed by atoms with Crippen LogP contribution in [0.1, 0.15) is 30.7 Å². The minimum absolute atomic E-state index is 0.0561.